The SMILES string of the molecule is CN(C)c1ccc(C(F)(F)F)cc1NC(=O)Cn1nc2n(c1=O)CCCCC2. The molecule has 1 amide bonds. The lowest BCUT2D eigenvalue weighted by Crippen LogP contribution is -2.30. The van der Waals surface area contributed by atoms with Gasteiger partial charge in [-0.2, -0.15) is 18.3 Å². The van der Waals surface area contributed by atoms with Crippen LogP contribution in [0.2, 0.25) is 0 Å². The maximum absolute atomic E-state index is 13.0. The van der Waals surface area contributed by atoms with Gasteiger partial charge in [-0.1, -0.05) is 6.42 Å². The second-order valence-corrected chi connectivity index (χ2v) is 6.99. The molecule has 0 radical (unpaired) electrons. The first kappa shape index (κ1) is 20.0. The fourth-order valence-electron chi connectivity index (χ4n) is 3.26. The van der Waals surface area contributed by atoms with E-state index in [2.05, 4.69) is 10.4 Å². The van der Waals surface area contributed by atoms with E-state index in [-0.39, 0.29) is 17.9 Å². The van der Waals surface area contributed by atoms with E-state index in [1.54, 1.807) is 23.6 Å². The van der Waals surface area contributed by atoms with E-state index in [1.807, 2.05) is 0 Å². The van der Waals surface area contributed by atoms with Crippen LogP contribution >= 0.6 is 0 Å². The van der Waals surface area contributed by atoms with Gasteiger partial charge in [-0.25, -0.2) is 9.48 Å². The Morgan fingerprint density at radius 1 is 1.25 bits per heavy atom. The van der Waals surface area contributed by atoms with Gasteiger partial charge in [0.25, 0.3) is 0 Å². The molecule has 1 N–H and O–H groups in total. The number of halogens is 3. The number of alkyl halides is 3. The molecule has 7 nitrogen and oxygen atoms in total. The zero-order valence-corrected chi connectivity index (χ0v) is 15.7. The van der Waals surface area contributed by atoms with Crippen LogP contribution in [0.25, 0.3) is 0 Å². The summed E-state index contributed by atoms with van der Waals surface area (Å²) in [5.74, 6) is 0.0288. The number of hydrogen-bond donors (Lipinski definition) is 1. The Hall–Kier alpha value is -2.78. The van der Waals surface area contributed by atoms with Crippen molar-refractivity contribution in [3.63, 3.8) is 0 Å². The van der Waals surface area contributed by atoms with Crippen LogP contribution in [0.4, 0.5) is 24.5 Å². The summed E-state index contributed by atoms with van der Waals surface area (Å²) < 4.78 is 41.7. The normalized spacial score (nSPS) is 14.3. The first-order valence-electron chi connectivity index (χ1n) is 9.02. The van der Waals surface area contributed by atoms with Crippen molar-refractivity contribution < 1.29 is 18.0 Å². The maximum atomic E-state index is 13.0. The van der Waals surface area contributed by atoms with E-state index in [4.69, 9.17) is 0 Å². The molecular formula is C18H22F3N5O2. The van der Waals surface area contributed by atoms with Crippen molar-refractivity contribution in [3.05, 3.63) is 40.1 Å². The molecule has 0 fully saturated rings. The van der Waals surface area contributed by atoms with Gasteiger partial charge >= 0.3 is 11.9 Å². The number of aryl methyl sites for hydroxylation is 1. The molecule has 1 aromatic heterocycles. The molecule has 0 bridgehead atoms. The fraction of sp³-hybridized carbons (Fsp3) is 0.500. The molecule has 0 atom stereocenters. The lowest BCUT2D eigenvalue weighted by Gasteiger charge is -2.19. The number of nitrogens with one attached hydrogen (secondary N) is 1. The van der Waals surface area contributed by atoms with Gasteiger partial charge in [0, 0.05) is 27.1 Å². The van der Waals surface area contributed by atoms with Crippen molar-refractivity contribution in [2.24, 2.45) is 0 Å². The summed E-state index contributed by atoms with van der Waals surface area (Å²) >= 11 is 0. The zero-order valence-electron chi connectivity index (χ0n) is 15.7. The topological polar surface area (TPSA) is 72.2 Å². The van der Waals surface area contributed by atoms with Gasteiger partial charge in [0.15, 0.2) is 0 Å². The molecule has 1 aliphatic rings. The lowest BCUT2D eigenvalue weighted by atomic mass is 10.1. The zero-order chi connectivity index (χ0) is 20.5. The molecule has 2 aromatic rings. The van der Waals surface area contributed by atoms with E-state index in [0.717, 1.165) is 36.1 Å². The highest BCUT2D eigenvalue weighted by Gasteiger charge is 2.31. The van der Waals surface area contributed by atoms with Crippen molar-refractivity contribution in [1.82, 2.24) is 14.3 Å². The van der Waals surface area contributed by atoms with Gasteiger partial charge in [-0.05, 0) is 31.0 Å². The lowest BCUT2D eigenvalue weighted by molar-refractivity contribution is -0.137. The molecule has 2 heterocycles. The largest absolute Gasteiger partial charge is 0.416 e. The monoisotopic (exact) mass is 397 g/mol. The predicted octanol–water partition coefficient (Wildman–Crippen LogP) is 2.49. The number of benzene rings is 1. The Balaban J connectivity index is 1.83. The summed E-state index contributed by atoms with van der Waals surface area (Å²) in [6.07, 6.45) is -1.03. The Bertz CT molecular complexity index is 930. The minimum Gasteiger partial charge on any atom is -0.376 e. The Kier molecular flexibility index (Phi) is 5.48. The quantitative estimate of drug-likeness (QED) is 0.861. The molecule has 0 saturated heterocycles. The fourth-order valence-corrected chi connectivity index (χ4v) is 3.26. The van der Waals surface area contributed by atoms with E-state index in [9.17, 15) is 22.8 Å². The number of anilines is 2. The highest BCUT2D eigenvalue weighted by atomic mass is 19.4. The van der Waals surface area contributed by atoms with Crippen LogP contribution in [-0.4, -0.2) is 34.4 Å². The number of nitrogens with zero attached hydrogens (tertiary/aromatic N) is 4. The third kappa shape index (κ3) is 4.20. The number of carbonyl (C=O) groups is 1. The van der Waals surface area contributed by atoms with Crippen molar-refractivity contribution in [3.8, 4) is 0 Å². The molecule has 10 heteroatoms. The van der Waals surface area contributed by atoms with Crippen LogP contribution in [-0.2, 0) is 30.5 Å². The first-order chi connectivity index (χ1) is 13.2. The average Bonchev–Trinajstić information content (AvgIpc) is 2.78. The number of rotatable bonds is 4. The van der Waals surface area contributed by atoms with E-state index in [0.29, 0.717) is 24.5 Å². The predicted molar refractivity (Wildman–Crippen MR) is 98.4 cm³/mol. The van der Waals surface area contributed by atoms with Gasteiger partial charge in [0.05, 0.1) is 16.9 Å². The summed E-state index contributed by atoms with van der Waals surface area (Å²) in [6, 6.07) is 3.14. The Morgan fingerprint density at radius 3 is 2.68 bits per heavy atom. The molecule has 0 saturated carbocycles. The first-order valence-corrected chi connectivity index (χ1v) is 9.02. The minimum absolute atomic E-state index is 0.0265. The number of hydrogen-bond acceptors (Lipinski definition) is 4. The molecule has 1 aromatic carbocycles. The van der Waals surface area contributed by atoms with E-state index >= 15 is 0 Å². The third-order valence-corrected chi connectivity index (χ3v) is 4.65. The molecule has 152 valence electrons. The standard InChI is InChI=1S/C18H22F3N5O2/c1-24(2)14-8-7-12(18(19,20)21)10-13(14)22-16(27)11-26-17(28)25-9-5-3-4-6-15(25)23-26/h7-8,10H,3-6,9,11H2,1-2H3,(H,22,27). The second-order valence-electron chi connectivity index (χ2n) is 6.99. The third-order valence-electron chi connectivity index (χ3n) is 4.65. The number of aromatic nitrogens is 3. The Labute approximate surface area is 159 Å². The van der Waals surface area contributed by atoms with E-state index < -0.39 is 17.6 Å². The van der Waals surface area contributed by atoms with Crippen LogP contribution in [0.1, 0.15) is 30.7 Å². The molecule has 3 rings (SSSR count). The van der Waals surface area contributed by atoms with Crippen molar-refractivity contribution in [1.29, 1.82) is 0 Å². The number of carbonyl (C=O) groups excluding carboxylic acids is 1. The summed E-state index contributed by atoms with van der Waals surface area (Å²) in [7, 11) is 3.32. The summed E-state index contributed by atoms with van der Waals surface area (Å²) in [4.78, 5) is 26.5. The van der Waals surface area contributed by atoms with Gasteiger partial charge < -0.3 is 10.2 Å². The van der Waals surface area contributed by atoms with Crippen LogP contribution in [0.3, 0.4) is 0 Å². The van der Waals surface area contributed by atoms with Gasteiger partial charge in [0.2, 0.25) is 5.91 Å². The number of fused-ring (bicyclic) bond motifs is 1. The van der Waals surface area contributed by atoms with Crippen LogP contribution in [0.5, 0.6) is 0 Å². The van der Waals surface area contributed by atoms with Crippen LogP contribution in [0.15, 0.2) is 23.0 Å². The molecular weight excluding hydrogens is 375 g/mol. The van der Waals surface area contributed by atoms with Gasteiger partial charge in [-0.15, -0.1) is 0 Å². The van der Waals surface area contributed by atoms with Crippen LogP contribution < -0.4 is 15.9 Å². The van der Waals surface area contributed by atoms with Crippen molar-refractivity contribution in [2.45, 2.75) is 44.9 Å². The molecule has 28 heavy (non-hydrogen) atoms. The summed E-state index contributed by atoms with van der Waals surface area (Å²) in [6.45, 7) is 0.205. The van der Waals surface area contributed by atoms with Crippen molar-refractivity contribution in [2.75, 3.05) is 24.3 Å². The number of amides is 1. The highest BCUT2D eigenvalue weighted by Crippen LogP contribution is 2.34. The molecule has 0 aliphatic carbocycles. The van der Waals surface area contributed by atoms with Crippen LogP contribution in [0, 0.1) is 0 Å². The summed E-state index contributed by atoms with van der Waals surface area (Å²) in [5, 5.41) is 6.71. The highest BCUT2D eigenvalue weighted by molar-refractivity contribution is 5.94. The van der Waals surface area contributed by atoms with Gasteiger partial charge in [-0.3, -0.25) is 9.36 Å². The molecule has 1 aliphatic heterocycles. The van der Waals surface area contributed by atoms with Gasteiger partial charge in [0.1, 0.15) is 12.4 Å². The Morgan fingerprint density at radius 2 is 2.00 bits per heavy atom. The molecule has 0 spiro atoms. The average molecular weight is 397 g/mol. The maximum Gasteiger partial charge on any atom is 0.416 e. The molecule has 0 unspecified atom stereocenters. The van der Waals surface area contributed by atoms with E-state index in [1.165, 1.54) is 6.07 Å². The van der Waals surface area contributed by atoms with Crippen molar-refractivity contribution >= 4 is 17.3 Å². The second kappa shape index (κ2) is 7.69. The minimum atomic E-state index is -4.53. The summed E-state index contributed by atoms with van der Waals surface area (Å²) in [5.41, 5.74) is -0.781. The smallest absolute Gasteiger partial charge is 0.376 e.